The Labute approximate surface area is 325 Å². The maximum absolute atomic E-state index is 6.53. The summed E-state index contributed by atoms with van der Waals surface area (Å²) < 4.78 is 6.53. The third-order valence-electron chi connectivity index (χ3n) is 12.4. The van der Waals surface area contributed by atoms with E-state index in [1.807, 2.05) is 18.2 Å². The molecule has 0 fully saturated rings. The molecule has 7 aromatic carbocycles. The SMILES string of the molecule is C1=CC2c3ccccc3C3(c4ccccc4-c4cc(-c5nc(-c6ccccc6)cc(-c6cccc7c6oc6ccccc67)n5)ccc43)c3ccccc3C2C=C1. The van der Waals surface area contributed by atoms with Crippen LogP contribution in [0.2, 0.25) is 0 Å². The lowest BCUT2D eigenvalue weighted by atomic mass is 9.66. The molecule has 2 unspecified atom stereocenters. The van der Waals surface area contributed by atoms with E-state index in [2.05, 4.69) is 176 Å². The van der Waals surface area contributed by atoms with Gasteiger partial charge in [-0.05, 0) is 68.8 Å². The van der Waals surface area contributed by atoms with Crippen LogP contribution >= 0.6 is 0 Å². The molecule has 2 heterocycles. The number of fused-ring (bicyclic) bond motifs is 15. The van der Waals surface area contributed by atoms with Gasteiger partial charge in [-0.3, -0.25) is 0 Å². The maximum Gasteiger partial charge on any atom is 0.160 e. The molecule has 3 nitrogen and oxygen atoms in total. The Morgan fingerprint density at radius 1 is 0.429 bits per heavy atom. The zero-order chi connectivity index (χ0) is 36.8. The molecule has 0 radical (unpaired) electrons. The highest BCUT2D eigenvalue weighted by atomic mass is 16.3. The Hall–Kier alpha value is -7.10. The molecule has 0 saturated heterocycles. The summed E-state index contributed by atoms with van der Waals surface area (Å²) in [5.41, 5.74) is 16.4. The first-order valence-electron chi connectivity index (χ1n) is 19.4. The number of aromatic nitrogens is 2. The Morgan fingerprint density at radius 3 is 1.82 bits per heavy atom. The summed E-state index contributed by atoms with van der Waals surface area (Å²) in [6, 6.07) is 61.3. The van der Waals surface area contributed by atoms with Gasteiger partial charge in [0.05, 0.1) is 16.8 Å². The number of para-hydroxylation sites is 2. The van der Waals surface area contributed by atoms with Crippen LogP contribution < -0.4 is 0 Å². The highest BCUT2D eigenvalue weighted by Crippen LogP contribution is 2.61. The van der Waals surface area contributed by atoms with Gasteiger partial charge in [0.25, 0.3) is 0 Å². The van der Waals surface area contributed by atoms with Crippen molar-refractivity contribution >= 4 is 21.9 Å². The highest BCUT2D eigenvalue weighted by molar-refractivity contribution is 6.09. The molecule has 9 aromatic rings. The van der Waals surface area contributed by atoms with Crippen LogP contribution in [-0.2, 0) is 5.41 Å². The number of hydrogen-bond donors (Lipinski definition) is 0. The Balaban J connectivity index is 1.11. The van der Waals surface area contributed by atoms with E-state index in [-0.39, 0.29) is 11.8 Å². The summed E-state index contributed by atoms with van der Waals surface area (Å²) in [4.78, 5) is 10.6. The second-order valence-electron chi connectivity index (χ2n) is 15.2. The molecule has 2 atom stereocenters. The fourth-order valence-corrected chi connectivity index (χ4v) is 10.0. The van der Waals surface area contributed by atoms with Crippen molar-refractivity contribution in [3.05, 3.63) is 228 Å². The first-order valence-corrected chi connectivity index (χ1v) is 19.4. The normalized spacial score (nSPS) is 18.6. The molecule has 0 bridgehead atoms. The largest absolute Gasteiger partial charge is 0.455 e. The predicted octanol–water partition coefficient (Wildman–Crippen LogP) is 13.0. The summed E-state index contributed by atoms with van der Waals surface area (Å²) in [5.74, 6) is 1.17. The lowest BCUT2D eigenvalue weighted by Gasteiger charge is -2.35. The standard InChI is InChI=1S/C53H34N2O/c1-2-15-33(16-3-1)48-32-49(42-24-14-23-41-40-22-9-13-28-50(40)56-51(41)42)55-52(54-48)34-29-30-47-43(31-34)39-21-8-12-27-46(39)53(47)44-25-10-6-19-37(44)35-17-4-5-18-36(35)38-20-7-11-26-45(38)53/h1-32,35-36H. The van der Waals surface area contributed by atoms with Gasteiger partial charge in [0, 0.05) is 39.3 Å². The Bertz CT molecular complexity index is 3050. The van der Waals surface area contributed by atoms with Crippen LogP contribution in [0.15, 0.2) is 199 Å². The van der Waals surface area contributed by atoms with E-state index in [1.54, 1.807) is 0 Å². The van der Waals surface area contributed by atoms with Crippen molar-refractivity contribution in [3.8, 4) is 45.0 Å². The molecule has 0 saturated carbocycles. The van der Waals surface area contributed by atoms with Crippen molar-refractivity contribution in [2.45, 2.75) is 17.3 Å². The Morgan fingerprint density at radius 2 is 1.04 bits per heavy atom. The van der Waals surface area contributed by atoms with Crippen LogP contribution in [0.5, 0.6) is 0 Å². The number of benzene rings is 7. The molecular weight excluding hydrogens is 681 g/mol. The minimum Gasteiger partial charge on any atom is -0.455 e. The van der Waals surface area contributed by atoms with Crippen molar-refractivity contribution in [2.75, 3.05) is 0 Å². The van der Waals surface area contributed by atoms with Crippen molar-refractivity contribution in [1.82, 2.24) is 9.97 Å². The number of furan rings is 1. The fraction of sp³-hybridized carbons (Fsp3) is 0.0566. The van der Waals surface area contributed by atoms with E-state index in [9.17, 15) is 0 Å². The van der Waals surface area contributed by atoms with Crippen molar-refractivity contribution < 1.29 is 4.42 Å². The zero-order valence-corrected chi connectivity index (χ0v) is 30.4. The first kappa shape index (κ1) is 31.3. The smallest absolute Gasteiger partial charge is 0.160 e. The molecule has 12 rings (SSSR count). The summed E-state index contributed by atoms with van der Waals surface area (Å²) in [6.07, 6.45) is 9.22. The van der Waals surface area contributed by atoms with Gasteiger partial charge in [-0.15, -0.1) is 0 Å². The second kappa shape index (κ2) is 11.9. The molecule has 3 aliphatic rings. The third-order valence-corrected chi connectivity index (χ3v) is 12.4. The summed E-state index contributed by atoms with van der Waals surface area (Å²) in [6.45, 7) is 0. The predicted molar refractivity (Wildman–Crippen MR) is 227 cm³/mol. The molecule has 56 heavy (non-hydrogen) atoms. The quantitative estimate of drug-likeness (QED) is 0.183. The average Bonchev–Trinajstić information content (AvgIpc) is 3.77. The Kier molecular flexibility index (Phi) is 6.67. The van der Waals surface area contributed by atoms with Gasteiger partial charge in [0.15, 0.2) is 5.82 Å². The van der Waals surface area contributed by atoms with Gasteiger partial charge in [0.1, 0.15) is 11.2 Å². The van der Waals surface area contributed by atoms with Gasteiger partial charge in [-0.1, -0.05) is 170 Å². The van der Waals surface area contributed by atoms with E-state index in [1.165, 1.54) is 44.5 Å². The molecule has 262 valence electrons. The van der Waals surface area contributed by atoms with Crippen molar-refractivity contribution in [1.29, 1.82) is 0 Å². The molecule has 1 spiro atoms. The van der Waals surface area contributed by atoms with E-state index in [4.69, 9.17) is 14.4 Å². The zero-order valence-electron chi connectivity index (χ0n) is 30.4. The van der Waals surface area contributed by atoms with Gasteiger partial charge in [0.2, 0.25) is 0 Å². The van der Waals surface area contributed by atoms with E-state index in [0.717, 1.165) is 50.0 Å². The van der Waals surface area contributed by atoms with E-state index >= 15 is 0 Å². The molecule has 3 heteroatoms. The third kappa shape index (κ3) is 4.34. The molecule has 0 aliphatic heterocycles. The topological polar surface area (TPSA) is 38.9 Å². The minimum absolute atomic E-state index is 0.246. The highest BCUT2D eigenvalue weighted by Gasteiger charge is 2.51. The summed E-state index contributed by atoms with van der Waals surface area (Å²) in [7, 11) is 0. The first-order chi connectivity index (χ1) is 27.8. The monoisotopic (exact) mass is 714 g/mol. The van der Waals surface area contributed by atoms with Gasteiger partial charge in [-0.25, -0.2) is 9.97 Å². The fourth-order valence-electron chi connectivity index (χ4n) is 10.0. The molecule has 0 amide bonds. The lowest BCUT2D eigenvalue weighted by molar-refractivity contribution is 0.670. The molecule has 3 aliphatic carbocycles. The van der Waals surface area contributed by atoms with Crippen LogP contribution in [0, 0.1) is 0 Å². The van der Waals surface area contributed by atoms with Crippen LogP contribution in [0.25, 0.3) is 67.0 Å². The van der Waals surface area contributed by atoms with Crippen LogP contribution in [0.4, 0.5) is 0 Å². The van der Waals surface area contributed by atoms with E-state index in [0.29, 0.717) is 5.82 Å². The number of rotatable bonds is 3. The van der Waals surface area contributed by atoms with Crippen LogP contribution in [-0.4, -0.2) is 9.97 Å². The van der Waals surface area contributed by atoms with Gasteiger partial charge in [-0.2, -0.15) is 0 Å². The second-order valence-corrected chi connectivity index (χ2v) is 15.2. The molecular formula is C53H34N2O. The van der Waals surface area contributed by atoms with E-state index < -0.39 is 5.41 Å². The number of hydrogen-bond acceptors (Lipinski definition) is 3. The average molecular weight is 715 g/mol. The number of nitrogens with zero attached hydrogens (tertiary/aromatic N) is 2. The number of allylic oxidation sites excluding steroid dienone is 4. The van der Waals surface area contributed by atoms with Gasteiger partial charge >= 0.3 is 0 Å². The summed E-state index contributed by atoms with van der Waals surface area (Å²) in [5, 5.41) is 2.18. The minimum atomic E-state index is -0.495. The van der Waals surface area contributed by atoms with Crippen LogP contribution in [0.3, 0.4) is 0 Å². The lowest BCUT2D eigenvalue weighted by Crippen LogP contribution is -2.30. The molecule has 0 N–H and O–H groups in total. The maximum atomic E-state index is 6.53. The van der Waals surface area contributed by atoms with Gasteiger partial charge < -0.3 is 4.42 Å². The van der Waals surface area contributed by atoms with Crippen molar-refractivity contribution in [3.63, 3.8) is 0 Å². The van der Waals surface area contributed by atoms with Crippen LogP contribution in [0.1, 0.15) is 45.2 Å². The van der Waals surface area contributed by atoms with Crippen molar-refractivity contribution in [2.24, 2.45) is 0 Å². The molecule has 2 aromatic heterocycles. The summed E-state index contributed by atoms with van der Waals surface area (Å²) >= 11 is 0.